The van der Waals surface area contributed by atoms with Crippen LogP contribution in [0, 0.1) is 10.1 Å². The molecule has 8 heteroatoms. The van der Waals surface area contributed by atoms with Gasteiger partial charge in [-0.2, -0.15) is 5.10 Å². The maximum absolute atomic E-state index is 11.7. The number of rotatable bonds is 7. The topological polar surface area (TPSA) is 107 Å². The molecule has 3 rings (SSSR count). The predicted octanol–water partition coefficient (Wildman–Crippen LogP) is 3.38. The minimum absolute atomic E-state index is 0.152. The number of nitrogens with zero attached hydrogens (tertiary/aromatic N) is 2. The zero-order valence-corrected chi connectivity index (χ0v) is 14.1. The van der Waals surface area contributed by atoms with Crippen molar-refractivity contribution in [2.45, 2.75) is 0 Å². The SMILES string of the molecule is O=C(COc1ccc(-c2ccccc2)cc1)N/N=C/c1ccc([N+](=O)[O-])o1. The fraction of sp³-hybridized carbons (Fsp3) is 0.0526. The molecular formula is C19H15N3O5. The summed E-state index contributed by atoms with van der Waals surface area (Å²) in [6.45, 7) is -0.222. The minimum Gasteiger partial charge on any atom is -0.484 e. The summed E-state index contributed by atoms with van der Waals surface area (Å²) in [4.78, 5) is 21.6. The summed E-state index contributed by atoms with van der Waals surface area (Å²) >= 11 is 0. The number of amides is 1. The molecule has 0 atom stereocenters. The zero-order chi connectivity index (χ0) is 19.1. The van der Waals surface area contributed by atoms with Crippen LogP contribution in [0.25, 0.3) is 11.1 Å². The van der Waals surface area contributed by atoms with Gasteiger partial charge in [0.25, 0.3) is 5.91 Å². The van der Waals surface area contributed by atoms with Crippen molar-refractivity contribution in [2.24, 2.45) is 5.10 Å². The van der Waals surface area contributed by atoms with Crippen molar-refractivity contribution >= 4 is 18.0 Å². The number of benzene rings is 2. The molecule has 1 N–H and O–H groups in total. The average Bonchev–Trinajstić information content (AvgIpc) is 3.17. The van der Waals surface area contributed by atoms with Crippen LogP contribution in [0.15, 0.2) is 76.2 Å². The first-order chi connectivity index (χ1) is 13.1. The number of nitro groups is 1. The van der Waals surface area contributed by atoms with Crippen molar-refractivity contribution in [3.8, 4) is 16.9 Å². The maximum Gasteiger partial charge on any atom is 0.433 e. The van der Waals surface area contributed by atoms with E-state index in [1.165, 1.54) is 18.3 Å². The van der Waals surface area contributed by atoms with Gasteiger partial charge in [0.1, 0.15) is 10.7 Å². The number of carbonyl (C=O) groups excluding carboxylic acids is 1. The first-order valence-electron chi connectivity index (χ1n) is 7.96. The molecule has 1 heterocycles. The number of nitrogens with one attached hydrogen (secondary N) is 1. The second-order valence-electron chi connectivity index (χ2n) is 5.41. The summed E-state index contributed by atoms with van der Waals surface area (Å²) in [6.07, 6.45) is 1.17. The third-order valence-electron chi connectivity index (χ3n) is 3.50. The summed E-state index contributed by atoms with van der Waals surface area (Å²) < 4.78 is 10.3. The lowest BCUT2D eigenvalue weighted by Gasteiger charge is -2.06. The van der Waals surface area contributed by atoms with Gasteiger partial charge in [0, 0.05) is 0 Å². The molecule has 0 unspecified atom stereocenters. The molecule has 2 aromatic carbocycles. The van der Waals surface area contributed by atoms with E-state index in [9.17, 15) is 14.9 Å². The van der Waals surface area contributed by atoms with Gasteiger partial charge in [0.05, 0.1) is 12.3 Å². The van der Waals surface area contributed by atoms with Crippen LogP contribution in [-0.4, -0.2) is 23.7 Å². The lowest BCUT2D eigenvalue weighted by Crippen LogP contribution is -2.24. The van der Waals surface area contributed by atoms with Crippen LogP contribution in [0.2, 0.25) is 0 Å². The summed E-state index contributed by atoms with van der Waals surface area (Å²) in [6, 6.07) is 19.8. The van der Waals surface area contributed by atoms with Crippen molar-refractivity contribution in [3.05, 3.63) is 82.6 Å². The Morgan fingerprint density at radius 1 is 1.07 bits per heavy atom. The Morgan fingerprint density at radius 3 is 2.44 bits per heavy atom. The average molecular weight is 365 g/mol. The van der Waals surface area contributed by atoms with E-state index in [0.717, 1.165) is 11.1 Å². The smallest absolute Gasteiger partial charge is 0.433 e. The molecule has 1 aromatic heterocycles. The van der Waals surface area contributed by atoms with Gasteiger partial charge in [0.15, 0.2) is 12.4 Å². The Bertz CT molecular complexity index is 949. The summed E-state index contributed by atoms with van der Waals surface area (Å²) in [7, 11) is 0. The van der Waals surface area contributed by atoms with Gasteiger partial charge in [-0.3, -0.25) is 14.9 Å². The van der Waals surface area contributed by atoms with Crippen LogP contribution in [0.4, 0.5) is 5.88 Å². The summed E-state index contributed by atoms with van der Waals surface area (Å²) in [5.74, 6) is -0.167. The number of hydrogen-bond acceptors (Lipinski definition) is 6. The Kier molecular flexibility index (Phi) is 5.58. The summed E-state index contributed by atoms with van der Waals surface area (Å²) in [5.41, 5.74) is 4.39. The number of hydrogen-bond donors (Lipinski definition) is 1. The van der Waals surface area contributed by atoms with Gasteiger partial charge in [0.2, 0.25) is 0 Å². The largest absolute Gasteiger partial charge is 0.484 e. The highest BCUT2D eigenvalue weighted by molar-refractivity contribution is 5.81. The monoisotopic (exact) mass is 365 g/mol. The van der Waals surface area contributed by atoms with E-state index in [4.69, 9.17) is 9.15 Å². The maximum atomic E-state index is 11.7. The van der Waals surface area contributed by atoms with Crippen molar-refractivity contribution in [1.29, 1.82) is 0 Å². The van der Waals surface area contributed by atoms with Crippen LogP contribution in [0.3, 0.4) is 0 Å². The lowest BCUT2D eigenvalue weighted by molar-refractivity contribution is -0.402. The quantitative estimate of drug-likeness (QED) is 0.392. The third kappa shape index (κ3) is 5.02. The first-order valence-corrected chi connectivity index (χ1v) is 7.96. The molecule has 0 aliphatic heterocycles. The molecular weight excluding hydrogens is 350 g/mol. The van der Waals surface area contributed by atoms with Gasteiger partial charge < -0.3 is 9.15 Å². The molecule has 3 aromatic rings. The van der Waals surface area contributed by atoms with Crippen LogP contribution >= 0.6 is 0 Å². The molecule has 0 saturated carbocycles. The van der Waals surface area contributed by atoms with E-state index in [1.807, 2.05) is 42.5 Å². The van der Waals surface area contributed by atoms with Gasteiger partial charge >= 0.3 is 5.88 Å². The van der Waals surface area contributed by atoms with Gasteiger partial charge in [-0.25, -0.2) is 5.43 Å². The standard InChI is InChI=1S/C19H15N3O5/c23-18(21-20-12-17-10-11-19(27-17)22(24)25)13-26-16-8-6-15(7-9-16)14-4-2-1-3-5-14/h1-12H,13H2,(H,21,23)/b20-12+. The number of ether oxygens (including phenoxy) is 1. The molecule has 0 aliphatic carbocycles. The number of carbonyl (C=O) groups is 1. The fourth-order valence-corrected chi connectivity index (χ4v) is 2.23. The van der Waals surface area contributed by atoms with Crippen molar-refractivity contribution in [1.82, 2.24) is 5.43 Å². The van der Waals surface area contributed by atoms with Crippen LogP contribution < -0.4 is 10.2 Å². The molecule has 8 nitrogen and oxygen atoms in total. The van der Waals surface area contributed by atoms with E-state index in [-0.39, 0.29) is 12.4 Å². The zero-order valence-electron chi connectivity index (χ0n) is 14.1. The Balaban J connectivity index is 1.47. The van der Waals surface area contributed by atoms with Gasteiger partial charge in [-0.05, 0) is 29.3 Å². The molecule has 0 fully saturated rings. The highest BCUT2D eigenvalue weighted by Gasteiger charge is 2.10. The molecule has 0 saturated heterocycles. The van der Waals surface area contributed by atoms with E-state index >= 15 is 0 Å². The molecule has 27 heavy (non-hydrogen) atoms. The van der Waals surface area contributed by atoms with Crippen LogP contribution in [0.5, 0.6) is 5.75 Å². The van der Waals surface area contributed by atoms with E-state index in [1.54, 1.807) is 12.1 Å². The molecule has 0 spiro atoms. The molecule has 1 amide bonds. The van der Waals surface area contributed by atoms with Gasteiger partial charge in [-0.15, -0.1) is 0 Å². The summed E-state index contributed by atoms with van der Waals surface area (Å²) in [5, 5.41) is 14.2. The highest BCUT2D eigenvalue weighted by Crippen LogP contribution is 2.22. The minimum atomic E-state index is -0.660. The molecule has 0 aliphatic rings. The number of furan rings is 1. The Labute approximate surface area is 154 Å². The molecule has 0 radical (unpaired) electrons. The molecule has 0 bridgehead atoms. The van der Waals surface area contributed by atoms with E-state index in [0.29, 0.717) is 5.75 Å². The van der Waals surface area contributed by atoms with Crippen molar-refractivity contribution < 1.29 is 18.9 Å². The van der Waals surface area contributed by atoms with Crippen LogP contribution in [-0.2, 0) is 4.79 Å². The van der Waals surface area contributed by atoms with Crippen molar-refractivity contribution in [2.75, 3.05) is 6.61 Å². The lowest BCUT2D eigenvalue weighted by atomic mass is 10.1. The Morgan fingerprint density at radius 2 is 1.78 bits per heavy atom. The first kappa shape index (κ1) is 17.9. The second-order valence-corrected chi connectivity index (χ2v) is 5.41. The molecule has 136 valence electrons. The van der Waals surface area contributed by atoms with E-state index < -0.39 is 16.7 Å². The second kappa shape index (κ2) is 8.43. The highest BCUT2D eigenvalue weighted by atomic mass is 16.6. The fourth-order valence-electron chi connectivity index (χ4n) is 2.23. The Hall–Kier alpha value is -3.94. The normalized spacial score (nSPS) is 10.7. The third-order valence-corrected chi connectivity index (χ3v) is 3.50. The van der Waals surface area contributed by atoms with Gasteiger partial charge in [-0.1, -0.05) is 42.5 Å². The number of hydrazone groups is 1. The van der Waals surface area contributed by atoms with Crippen LogP contribution in [0.1, 0.15) is 5.76 Å². The van der Waals surface area contributed by atoms with Crippen molar-refractivity contribution in [3.63, 3.8) is 0 Å². The predicted molar refractivity (Wildman–Crippen MR) is 98.5 cm³/mol. The van der Waals surface area contributed by atoms with E-state index in [2.05, 4.69) is 10.5 Å².